The largest absolute Gasteiger partial charge is 0.369 e. The summed E-state index contributed by atoms with van der Waals surface area (Å²) in [6, 6.07) is 12.2. The van der Waals surface area contributed by atoms with Gasteiger partial charge in [0.1, 0.15) is 11.6 Å². The summed E-state index contributed by atoms with van der Waals surface area (Å²) < 4.78 is 13.3. The highest BCUT2D eigenvalue weighted by Crippen LogP contribution is 2.25. The SMILES string of the molecule is CC(C)CNc1nc(Nc2ccc(F)c(Cl)c2)nc2ccccc12. The topological polar surface area (TPSA) is 49.8 Å². The van der Waals surface area contributed by atoms with Crippen molar-refractivity contribution >= 4 is 40.0 Å². The Morgan fingerprint density at radius 3 is 2.67 bits per heavy atom. The van der Waals surface area contributed by atoms with Gasteiger partial charge in [-0.05, 0) is 36.2 Å². The third-order valence-corrected chi connectivity index (χ3v) is 3.75. The molecule has 3 rings (SSSR count). The van der Waals surface area contributed by atoms with E-state index in [-0.39, 0.29) is 5.02 Å². The molecule has 0 aliphatic carbocycles. The van der Waals surface area contributed by atoms with Crippen LogP contribution in [0.2, 0.25) is 5.02 Å². The van der Waals surface area contributed by atoms with E-state index in [2.05, 4.69) is 34.4 Å². The Labute approximate surface area is 145 Å². The minimum Gasteiger partial charge on any atom is -0.369 e. The van der Waals surface area contributed by atoms with Crippen LogP contribution in [-0.4, -0.2) is 16.5 Å². The molecule has 0 amide bonds. The molecule has 0 spiro atoms. The number of anilines is 3. The number of halogens is 2. The number of aromatic nitrogens is 2. The fourth-order valence-electron chi connectivity index (χ4n) is 2.27. The standard InChI is InChI=1S/C18H18ClFN4/c1-11(2)10-21-17-13-5-3-4-6-16(13)23-18(24-17)22-12-7-8-15(20)14(19)9-12/h3-9,11H,10H2,1-2H3,(H2,21,22,23,24). The molecule has 0 saturated heterocycles. The number of rotatable bonds is 5. The van der Waals surface area contributed by atoms with E-state index in [1.165, 1.54) is 12.1 Å². The first-order valence-corrected chi connectivity index (χ1v) is 8.13. The van der Waals surface area contributed by atoms with Crippen molar-refractivity contribution in [1.82, 2.24) is 9.97 Å². The van der Waals surface area contributed by atoms with Gasteiger partial charge in [-0.15, -0.1) is 0 Å². The van der Waals surface area contributed by atoms with Crippen molar-refractivity contribution in [2.24, 2.45) is 5.92 Å². The van der Waals surface area contributed by atoms with Crippen molar-refractivity contribution in [3.63, 3.8) is 0 Å². The maximum Gasteiger partial charge on any atom is 0.229 e. The minimum atomic E-state index is -0.457. The quantitative estimate of drug-likeness (QED) is 0.665. The van der Waals surface area contributed by atoms with Crippen molar-refractivity contribution in [3.05, 3.63) is 53.3 Å². The van der Waals surface area contributed by atoms with Crippen LogP contribution in [0.1, 0.15) is 13.8 Å². The van der Waals surface area contributed by atoms with Crippen LogP contribution < -0.4 is 10.6 Å². The zero-order chi connectivity index (χ0) is 17.1. The molecule has 0 atom stereocenters. The normalized spacial score (nSPS) is 11.0. The smallest absolute Gasteiger partial charge is 0.229 e. The highest BCUT2D eigenvalue weighted by molar-refractivity contribution is 6.31. The van der Waals surface area contributed by atoms with E-state index in [0.717, 1.165) is 23.3 Å². The maximum absolute atomic E-state index is 13.3. The highest BCUT2D eigenvalue weighted by Gasteiger charge is 2.09. The third-order valence-electron chi connectivity index (χ3n) is 3.46. The number of para-hydroxylation sites is 1. The lowest BCUT2D eigenvalue weighted by atomic mass is 10.2. The van der Waals surface area contributed by atoms with Gasteiger partial charge >= 0.3 is 0 Å². The molecule has 1 aromatic heterocycles. The predicted octanol–water partition coefficient (Wildman–Crippen LogP) is 5.23. The Kier molecular flexibility index (Phi) is 4.81. The molecule has 1 heterocycles. The summed E-state index contributed by atoms with van der Waals surface area (Å²) in [7, 11) is 0. The summed E-state index contributed by atoms with van der Waals surface area (Å²) in [6.45, 7) is 5.08. The summed E-state index contributed by atoms with van der Waals surface area (Å²) in [6.07, 6.45) is 0. The molecule has 0 saturated carbocycles. The Hall–Kier alpha value is -2.40. The molecule has 0 fully saturated rings. The van der Waals surface area contributed by atoms with E-state index in [1.807, 2.05) is 24.3 Å². The van der Waals surface area contributed by atoms with Crippen molar-refractivity contribution in [2.45, 2.75) is 13.8 Å². The lowest BCUT2D eigenvalue weighted by Gasteiger charge is -2.13. The fraction of sp³-hybridized carbons (Fsp3) is 0.222. The number of nitrogens with zero attached hydrogens (tertiary/aromatic N) is 2. The van der Waals surface area contributed by atoms with Crippen molar-refractivity contribution < 1.29 is 4.39 Å². The van der Waals surface area contributed by atoms with Gasteiger partial charge < -0.3 is 10.6 Å². The molecule has 24 heavy (non-hydrogen) atoms. The third kappa shape index (κ3) is 3.74. The minimum absolute atomic E-state index is 0.0546. The van der Waals surface area contributed by atoms with Gasteiger partial charge in [-0.25, -0.2) is 9.37 Å². The van der Waals surface area contributed by atoms with Crippen molar-refractivity contribution in [1.29, 1.82) is 0 Å². The molecular formula is C18H18ClFN4. The van der Waals surface area contributed by atoms with Gasteiger partial charge in [0.05, 0.1) is 10.5 Å². The van der Waals surface area contributed by atoms with Crippen LogP contribution in [0.25, 0.3) is 10.9 Å². The Morgan fingerprint density at radius 1 is 1.12 bits per heavy atom. The summed E-state index contributed by atoms with van der Waals surface area (Å²) in [5.41, 5.74) is 1.46. The van der Waals surface area contributed by atoms with E-state index in [1.54, 1.807) is 6.07 Å². The van der Waals surface area contributed by atoms with Gasteiger partial charge in [-0.1, -0.05) is 37.6 Å². The zero-order valence-corrected chi connectivity index (χ0v) is 14.2. The zero-order valence-electron chi connectivity index (χ0n) is 13.5. The van der Waals surface area contributed by atoms with E-state index in [0.29, 0.717) is 17.6 Å². The first kappa shape index (κ1) is 16.5. The van der Waals surface area contributed by atoms with Gasteiger partial charge in [0.25, 0.3) is 0 Å². The number of nitrogens with one attached hydrogen (secondary N) is 2. The summed E-state index contributed by atoms with van der Waals surface area (Å²) in [4.78, 5) is 9.06. The fourth-order valence-corrected chi connectivity index (χ4v) is 2.45. The molecule has 0 radical (unpaired) electrons. The molecule has 0 aliphatic heterocycles. The molecule has 2 aromatic carbocycles. The maximum atomic E-state index is 13.3. The van der Waals surface area contributed by atoms with Crippen LogP contribution in [0.15, 0.2) is 42.5 Å². The molecule has 0 aliphatic rings. The van der Waals surface area contributed by atoms with Crippen molar-refractivity contribution in [3.8, 4) is 0 Å². The van der Waals surface area contributed by atoms with E-state index in [9.17, 15) is 4.39 Å². The van der Waals surface area contributed by atoms with Gasteiger partial charge in [-0.2, -0.15) is 4.98 Å². The number of fused-ring (bicyclic) bond motifs is 1. The molecule has 124 valence electrons. The average molecular weight is 345 g/mol. The van der Waals surface area contributed by atoms with Crippen LogP contribution in [0.5, 0.6) is 0 Å². The van der Waals surface area contributed by atoms with Gasteiger partial charge in [0, 0.05) is 17.6 Å². The monoisotopic (exact) mass is 344 g/mol. The van der Waals surface area contributed by atoms with Gasteiger partial charge in [0.2, 0.25) is 5.95 Å². The molecular weight excluding hydrogens is 327 g/mol. The van der Waals surface area contributed by atoms with Gasteiger partial charge in [-0.3, -0.25) is 0 Å². The second-order valence-electron chi connectivity index (χ2n) is 5.94. The van der Waals surface area contributed by atoms with Crippen LogP contribution in [0, 0.1) is 11.7 Å². The second-order valence-corrected chi connectivity index (χ2v) is 6.35. The van der Waals surface area contributed by atoms with Crippen LogP contribution >= 0.6 is 11.6 Å². The first-order valence-electron chi connectivity index (χ1n) is 7.75. The first-order chi connectivity index (χ1) is 11.5. The Balaban J connectivity index is 1.96. The Bertz CT molecular complexity index is 867. The summed E-state index contributed by atoms with van der Waals surface area (Å²) in [5.74, 6) is 1.24. The second kappa shape index (κ2) is 7.01. The lowest BCUT2D eigenvalue weighted by Crippen LogP contribution is -2.11. The molecule has 3 aromatic rings. The summed E-state index contributed by atoms with van der Waals surface area (Å²) in [5, 5.41) is 7.45. The predicted molar refractivity (Wildman–Crippen MR) is 97.6 cm³/mol. The molecule has 0 unspecified atom stereocenters. The molecule has 2 N–H and O–H groups in total. The Morgan fingerprint density at radius 2 is 1.92 bits per heavy atom. The van der Waals surface area contributed by atoms with E-state index < -0.39 is 5.82 Å². The molecule has 6 heteroatoms. The number of hydrogen-bond acceptors (Lipinski definition) is 4. The summed E-state index contributed by atoms with van der Waals surface area (Å²) >= 11 is 5.82. The number of benzene rings is 2. The van der Waals surface area contributed by atoms with Crippen LogP contribution in [-0.2, 0) is 0 Å². The lowest BCUT2D eigenvalue weighted by molar-refractivity contribution is 0.628. The molecule has 4 nitrogen and oxygen atoms in total. The van der Waals surface area contributed by atoms with Crippen molar-refractivity contribution in [2.75, 3.05) is 17.2 Å². The van der Waals surface area contributed by atoms with Crippen LogP contribution in [0.4, 0.5) is 21.8 Å². The highest BCUT2D eigenvalue weighted by atomic mass is 35.5. The van der Waals surface area contributed by atoms with E-state index in [4.69, 9.17) is 11.6 Å². The molecule has 0 bridgehead atoms. The average Bonchev–Trinajstić information content (AvgIpc) is 2.56. The van der Waals surface area contributed by atoms with Crippen LogP contribution in [0.3, 0.4) is 0 Å². The number of hydrogen-bond donors (Lipinski definition) is 2. The van der Waals surface area contributed by atoms with Gasteiger partial charge in [0.15, 0.2) is 0 Å². The van der Waals surface area contributed by atoms with E-state index >= 15 is 0 Å².